The van der Waals surface area contributed by atoms with E-state index in [9.17, 15) is 9.90 Å². The van der Waals surface area contributed by atoms with Crippen molar-refractivity contribution in [3.05, 3.63) is 35.4 Å². The first-order valence-corrected chi connectivity index (χ1v) is 7.33. The van der Waals surface area contributed by atoms with Gasteiger partial charge in [-0.2, -0.15) is 0 Å². The van der Waals surface area contributed by atoms with Crippen molar-refractivity contribution in [3.63, 3.8) is 0 Å². The monoisotopic (exact) mass is 276 g/mol. The van der Waals surface area contributed by atoms with E-state index in [1.807, 2.05) is 0 Å². The van der Waals surface area contributed by atoms with Gasteiger partial charge in [0, 0.05) is 26.2 Å². The van der Waals surface area contributed by atoms with Crippen LogP contribution in [0.5, 0.6) is 0 Å². The van der Waals surface area contributed by atoms with E-state index in [0.717, 1.165) is 38.2 Å². The third-order valence-corrected chi connectivity index (χ3v) is 4.12. The number of rotatable bonds is 5. The fraction of sp³-hybridized carbons (Fsp3) is 0.562. The smallest absolute Gasteiger partial charge is 0.321 e. The molecule has 0 radical (unpaired) electrons. The Morgan fingerprint density at radius 3 is 2.20 bits per heavy atom. The molecule has 0 aliphatic carbocycles. The minimum absolute atomic E-state index is 0.406. The number of carbonyl (C=O) groups is 1. The number of carboxylic acid groups (broad SMARTS) is 1. The number of hydrogen-bond acceptors (Lipinski definition) is 3. The standard InChI is InChI=1S/C16H24N2O2/c1-3-13-4-6-14(7-5-13)12-15(16(19)20)18-10-8-17(2)9-11-18/h4-7,15H,3,8-12H2,1-2H3,(H,19,20)/t15-/m0/s1. The number of aliphatic carboxylic acids is 1. The minimum Gasteiger partial charge on any atom is -0.480 e. The molecule has 1 saturated heterocycles. The van der Waals surface area contributed by atoms with Gasteiger partial charge in [-0.15, -0.1) is 0 Å². The maximum Gasteiger partial charge on any atom is 0.321 e. The van der Waals surface area contributed by atoms with Gasteiger partial charge in [-0.05, 0) is 31.0 Å². The summed E-state index contributed by atoms with van der Waals surface area (Å²) in [6, 6.07) is 7.91. The van der Waals surface area contributed by atoms with E-state index in [1.54, 1.807) is 0 Å². The average Bonchev–Trinajstić information content (AvgIpc) is 2.46. The predicted molar refractivity (Wildman–Crippen MR) is 80.0 cm³/mol. The van der Waals surface area contributed by atoms with Gasteiger partial charge in [0.25, 0.3) is 0 Å². The number of piperazine rings is 1. The van der Waals surface area contributed by atoms with E-state index in [1.165, 1.54) is 5.56 Å². The second kappa shape index (κ2) is 6.86. The zero-order valence-electron chi connectivity index (χ0n) is 12.4. The quantitative estimate of drug-likeness (QED) is 0.885. The summed E-state index contributed by atoms with van der Waals surface area (Å²) in [6.45, 7) is 5.68. The van der Waals surface area contributed by atoms with Gasteiger partial charge in [0.2, 0.25) is 0 Å². The first-order valence-electron chi connectivity index (χ1n) is 7.33. The van der Waals surface area contributed by atoms with Crippen molar-refractivity contribution < 1.29 is 9.90 Å². The third-order valence-electron chi connectivity index (χ3n) is 4.12. The van der Waals surface area contributed by atoms with Gasteiger partial charge in [-0.25, -0.2) is 0 Å². The van der Waals surface area contributed by atoms with Crippen molar-refractivity contribution in [2.45, 2.75) is 25.8 Å². The molecule has 4 nitrogen and oxygen atoms in total. The van der Waals surface area contributed by atoms with Crippen molar-refractivity contribution in [1.82, 2.24) is 9.80 Å². The second-order valence-corrected chi connectivity index (χ2v) is 5.57. The fourth-order valence-corrected chi connectivity index (χ4v) is 2.64. The molecule has 1 atom stereocenters. The van der Waals surface area contributed by atoms with Crippen LogP contribution in [0.2, 0.25) is 0 Å². The molecule has 20 heavy (non-hydrogen) atoms. The number of nitrogens with zero attached hydrogens (tertiary/aromatic N) is 2. The molecule has 1 aromatic rings. The Kier molecular flexibility index (Phi) is 5.15. The summed E-state index contributed by atoms with van der Waals surface area (Å²) in [7, 11) is 2.08. The topological polar surface area (TPSA) is 43.8 Å². The molecule has 2 rings (SSSR count). The van der Waals surface area contributed by atoms with Crippen molar-refractivity contribution in [2.24, 2.45) is 0 Å². The van der Waals surface area contributed by atoms with Crippen LogP contribution in [0.3, 0.4) is 0 Å². The molecule has 1 aromatic carbocycles. The Bertz CT molecular complexity index is 436. The normalized spacial score (nSPS) is 18.9. The van der Waals surface area contributed by atoms with E-state index in [0.29, 0.717) is 6.42 Å². The van der Waals surface area contributed by atoms with Crippen molar-refractivity contribution in [2.75, 3.05) is 33.2 Å². The molecule has 4 heteroatoms. The van der Waals surface area contributed by atoms with Crippen molar-refractivity contribution in [3.8, 4) is 0 Å². The Morgan fingerprint density at radius 2 is 1.70 bits per heavy atom. The molecule has 0 spiro atoms. The second-order valence-electron chi connectivity index (χ2n) is 5.57. The highest BCUT2D eigenvalue weighted by Gasteiger charge is 2.28. The molecule has 0 saturated carbocycles. The Labute approximate surface area is 121 Å². The summed E-state index contributed by atoms with van der Waals surface area (Å²) in [6.07, 6.45) is 1.60. The molecule has 0 amide bonds. The summed E-state index contributed by atoms with van der Waals surface area (Å²) in [5, 5.41) is 9.50. The molecule has 1 aliphatic heterocycles. The van der Waals surface area contributed by atoms with Crippen LogP contribution in [0.4, 0.5) is 0 Å². The van der Waals surface area contributed by atoms with Gasteiger partial charge >= 0.3 is 5.97 Å². The number of aryl methyl sites for hydroxylation is 1. The SMILES string of the molecule is CCc1ccc(C[C@@H](C(=O)O)N2CCN(C)CC2)cc1. The molecule has 1 aliphatic rings. The highest BCUT2D eigenvalue weighted by molar-refractivity contribution is 5.74. The molecule has 110 valence electrons. The molecular weight excluding hydrogens is 252 g/mol. The van der Waals surface area contributed by atoms with Gasteiger partial charge in [-0.1, -0.05) is 31.2 Å². The van der Waals surface area contributed by atoms with Gasteiger partial charge in [0.05, 0.1) is 0 Å². The van der Waals surface area contributed by atoms with E-state index in [2.05, 4.69) is 48.0 Å². The average molecular weight is 276 g/mol. The summed E-state index contributed by atoms with van der Waals surface area (Å²) >= 11 is 0. The van der Waals surface area contributed by atoms with Crippen molar-refractivity contribution in [1.29, 1.82) is 0 Å². The molecule has 0 aromatic heterocycles. The number of carboxylic acids is 1. The largest absolute Gasteiger partial charge is 0.480 e. The Morgan fingerprint density at radius 1 is 1.15 bits per heavy atom. The van der Waals surface area contributed by atoms with E-state index in [-0.39, 0.29) is 0 Å². The molecule has 1 N–H and O–H groups in total. The summed E-state index contributed by atoms with van der Waals surface area (Å²) in [4.78, 5) is 15.9. The highest BCUT2D eigenvalue weighted by atomic mass is 16.4. The summed E-state index contributed by atoms with van der Waals surface area (Å²) in [5.74, 6) is -0.714. The van der Waals surface area contributed by atoms with Crippen LogP contribution in [-0.4, -0.2) is 60.1 Å². The molecule has 0 bridgehead atoms. The predicted octanol–water partition coefficient (Wildman–Crippen LogP) is 1.49. The van der Waals surface area contributed by atoms with Gasteiger partial charge in [0.1, 0.15) is 6.04 Å². The maximum absolute atomic E-state index is 11.6. The van der Waals surface area contributed by atoms with Crippen LogP contribution < -0.4 is 0 Å². The Balaban J connectivity index is 2.03. The van der Waals surface area contributed by atoms with Gasteiger partial charge < -0.3 is 10.0 Å². The number of benzene rings is 1. The van der Waals surface area contributed by atoms with E-state index >= 15 is 0 Å². The van der Waals surface area contributed by atoms with Crippen LogP contribution >= 0.6 is 0 Å². The minimum atomic E-state index is -0.714. The van der Waals surface area contributed by atoms with Gasteiger partial charge in [-0.3, -0.25) is 9.69 Å². The Hall–Kier alpha value is -1.39. The summed E-state index contributed by atoms with van der Waals surface area (Å²) < 4.78 is 0. The first-order chi connectivity index (χ1) is 9.60. The summed E-state index contributed by atoms with van der Waals surface area (Å²) in [5.41, 5.74) is 2.40. The van der Waals surface area contributed by atoms with Gasteiger partial charge in [0.15, 0.2) is 0 Å². The van der Waals surface area contributed by atoms with Crippen LogP contribution in [0.1, 0.15) is 18.1 Å². The lowest BCUT2D eigenvalue weighted by Gasteiger charge is -2.36. The van der Waals surface area contributed by atoms with Crippen molar-refractivity contribution >= 4 is 5.97 Å². The van der Waals surface area contributed by atoms with Crippen LogP contribution in [0, 0.1) is 0 Å². The van der Waals surface area contributed by atoms with E-state index < -0.39 is 12.0 Å². The zero-order chi connectivity index (χ0) is 14.5. The number of likely N-dealkylation sites (N-methyl/N-ethyl adjacent to an activating group) is 1. The zero-order valence-corrected chi connectivity index (χ0v) is 12.4. The van der Waals surface area contributed by atoms with E-state index in [4.69, 9.17) is 0 Å². The number of hydrogen-bond donors (Lipinski definition) is 1. The van der Waals surface area contributed by atoms with Crippen LogP contribution in [-0.2, 0) is 17.6 Å². The third kappa shape index (κ3) is 3.81. The molecular formula is C16H24N2O2. The van der Waals surface area contributed by atoms with Crippen LogP contribution in [0.15, 0.2) is 24.3 Å². The lowest BCUT2D eigenvalue weighted by atomic mass is 10.0. The molecule has 1 fully saturated rings. The first kappa shape index (κ1) is 15.0. The highest BCUT2D eigenvalue weighted by Crippen LogP contribution is 2.13. The molecule has 1 heterocycles. The maximum atomic E-state index is 11.6. The fourth-order valence-electron chi connectivity index (χ4n) is 2.64. The van der Waals surface area contributed by atoms with Crippen LogP contribution in [0.25, 0.3) is 0 Å². The lowest BCUT2D eigenvalue weighted by Crippen LogP contribution is -2.52. The molecule has 0 unspecified atom stereocenters. The lowest BCUT2D eigenvalue weighted by molar-refractivity contribution is -0.144.